The number of hydrogen-bond acceptors (Lipinski definition) is 9. The Bertz CT molecular complexity index is 639. The first-order chi connectivity index (χ1) is 14.6. The van der Waals surface area contributed by atoms with Crippen molar-refractivity contribution in [2.45, 2.75) is 43.4 Å². The molecule has 0 aliphatic rings. The van der Waals surface area contributed by atoms with Gasteiger partial charge in [0.1, 0.15) is 18.1 Å². The highest BCUT2D eigenvalue weighted by molar-refractivity contribution is 7.98. The van der Waals surface area contributed by atoms with Gasteiger partial charge < -0.3 is 32.5 Å². The van der Waals surface area contributed by atoms with Crippen LogP contribution in [0.2, 0.25) is 0 Å². The summed E-state index contributed by atoms with van der Waals surface area (Å²) in [7, 11) is 0. The molecule has 178 valence electrons. The van der Waals surface area contributed by atoms with Crippen LogP contribution in [0.3, 0.4) is 0 Å². The minimum Gasteiger partial charge on any atom is -0.480 e. The van der Waals surface area contributed by atoms with Crippen LogP contribution in [0.5, 0.6) is 0 Å². The van der Waals surface area contributed by atoms with Crippen molar-refractivity contribution in [1.29, 1.82) is 0 Å². The molecular formula is C17H31N5O6S3. The van der Waals surface area contributed by atoms with Gasteiger partial charge in [0.05, 0.1) is 12.5 Å². The van der Waals surface area contributed by atoms with E-state index < -0.39 is 60.2 Å². The number of carboxylic acids is 1. The predicted molar refractivity (Wildman–Crippen MR) is 125 cm³/mol. The zero-order valence-corrected chi connectivity index (χ0v) is 20.0. The summed E-state index contributed by atoms with van der Waals surface area (Å²) in [5.41, 5.74) is 10.9. The standard InChI is InChI=1S/C17H31N5O6S3/c1-30-5-3-9(18)14(24)22-12(8-29)16(26)21-11(7-13(19)23)15(25)20-10(17(27)28)4-6-31-2/h9-12,29H,3-8,18H2,1-2H3,(H2,19,23)(H,20,25)(H,21,26)(H,22,24)(H,27,28). The van der Waals surface area contributed by atoms with Crippen molar-refractivity contribution in [3.8, 4) is 0 Å². The SMILES string of the molecule is CSCCC(N)C(=O)NC(CS)C(=O)NC(CC(N)=O)C(=O)NC(CCSC)C(=O)O. The molecular weight excluding hydrogens is 466 g/mol. The summed E-state index contributed by atoms with van der Waals surface area (Å²) in [5.74, 6) is -3.28. The van der Waals surface area contributed by atoms with E-state index in [2.05, 4.69) is 28.6 Å². The zero-order chi connectivity index (χ0) is 24.0. The van der Waals surface area contributed by atoms with Crippen LogP contribution in [0.15, 0.2) is 0 Å². The number of thioether (sulfide) groups is 2. The summed E-state index contributed by atoms with van der Waals surface area (Å²) >= 11 is 6.97. The third-order valence-electron chi connectivity index (χ3n) is 4.05. The van der Waals surface area contributed by atoms with Crippen LogP contribution in [-0.2, 0) is 24.0 Å². The fraction of sp³-hybridized carbons (Fsp3) is 0.706. The number of nitrogens with one attached hydrogen (secondary N) is 3. The van der Waals surface area contributed by atoms with Crippen molar-refractivity contribution < 1.29 is 29.1 Å². The monoisotopic (exact) mass is 497 g/mol. The van der Waals surface area contributed by atoms with Crippen LogP contribution in [0.4, 0.5) is 0 Å². The molecule has 0 aromatic heterocycles. The Labute approximate surface area is 195 Å². The number of primary amides is 1. The van der Waals surface area contributed by atoms with Gasteiger partial charge in [0.25, 0.3) is 0 Å². The fourth-order valence-corrected chi connectivity index (χ4v) is 3.52. The molecule has 0 rings (SSSR count). The quantitative estimate of drug-likeness (QED) is 0.120. The molecule has 14 heteroatoms. The second-order valence-electron chi connectivity index (χ2n) is 6.54. The Morgan fingerprint density at radius 3 is 1.84 bits per heavy atom. The van der Waals surface area contributed by atoms with E-state index in [1.165, 1.54) is 23.5 Å². The number of aliphatic carboxylic acids is 1. The van der Waals surface area contributed by atoms with Crippen molar-refractivity contribution >= 4 is 65.8 Å². The van der Waals surface area contributed by atoms with Gasteiger partial charge in [0.15, 0.2) is 0 Å². The van der Waals surface area contributed by atoms with Crippen molar-refractivity contribution in [2.24, 2.45) is 11.5 Å². The molecule has 0 radical (unpaired) electrons. The molecule has 0 saturated carbocycles. The van der Waals surface area contributed by atoms with Crippen molar-refractivity contribution in [2.75, 3.05) is 29.8 Å². The summed E-state index contributed by atoms with van der Waals surface area (Å²) in [4.78, 5) is 60.0. The first-order valence-corrected chi connectivity index (χ1v) is 12.8. The lowest BCUT2D eigenvalue weighted by Crippen LogP contribution is -2.58. The van der Waals surface area contributed by atoms with Gasteiger partial charge in [-0.3, -0.25) is 19.2 Å². The average Bonchev–Trinajstić information content (AvgIpc) is 2.71. The van der Waals surface area contributed by atoms with E-state index in [1.54, 1.807) is 6.26 Å². The highest BCUT2D eigenvalue weighted by atomic mass is 32.2. The van der Waals surface area contributed by atoms with Crippen LogP contribution < -0.4 is 27.4 Å². The maximum absolute atomic E-state index is 12.6. The molecule has 0 aliphatic carbocycles. The van der Waals surface area contributed by atoms with Crippen LogP contribution in [0, 0.1) is 0 Å². The highest BCUT2D eigenvalue weighted by Crippen LogP contribution is 2.04. The van der Waals surface area contributed by atoms with Gasteiger partial charge in [-0.15, -0.1) is 0 Å². The van der Waals surface area contributed by atoms with Crippen LogP contribution in [0.1, 0.15) is 19.3 Å². The van der Waals surface area contributed by atoms with E-state index in [1.807, 2.05) is 6.26 Å². The molecule has 0 aliphatic heterocycles. The molecule has 4 atom stereocenters. The van der Waals surface area contributed by atoms with Gasteiger partial charge >= 0.3 is 5.97 Å². The number of thiol groups is 1. The molecule has 11 nitrogen and oxygen atoms in total. The summed E-state index contributed by atoms with van der Waals surface area (Å²) in [6.07, 6.45) is 3.67. The smallest absolute Gasteiger partial charge is 0.326 e. The van der Waals surface area contributed by atoms with E-state index in [9.17, 15) is 29.1 Å². The van der Waals surface area contributed by atoms with Gasteiger partial charge in [0.2, 0.25) is 23.6 Å². The summed E-state index contributed by atoms with van der Waals surface area (Å²) < 4.78 is 0. The van der Waals surface area contributed by atoms with Gasteiger partial charge in [-0.1, -0.05) is 0 Å². The van der Waals surface area contributed by atoms with Crippen LogP contribution in [-0.4, -0.2) is 88.6 Å². The largest absolute Gasteiger partial charge is 0.480 e. The molecule has 0 aromatic carbocycles. The molecule has 0 fully saturated rings. The first-order valence-electron chi connectivity index (χ1n) is 9.33. The van der Waals surface area contributed by atoms with E-state index in [4.69, 9.17) is 11.5 Å². The third-order valence-corrected chi connectivity index (χ3v) is 5.70. The number of rotatable bonds is 16. The topological polar surface area (TPSA) is 194 Å². The number of hydrogen-bond donors (Lipinski definition) is 7. The van der Waals surface area contributed by atoms with E-state index in [0.717, 1.165) is 0 Å². The second-order valence-corrected chi connectivity index (χ2v) is 8.88. The number of carbonyl (C=O) groups is 5. The Hall–Kier alpha value is -1.64. The Balaban J connectivity index is 5.19. The lowest BCUT2D eigenvalue weighted by molar-refractivity contribution is -0.142. The van der Waals surface area contributed by atoms with Crippen LogP contribution >= 0.6 is 36.2 Å². The maximum atomic E-state index is 12.6. The Morgan fingerprint density at radius 1 is 0.871 bits per heavy atom. The van der Waals surface area contributed by atoms with E-state index >= 15 is 0 Å². The molecule has 0 heterocycles. The first kappa shape index (κ1) is 29.4. The fourth-order valence-electron chi connectivity index (χ4n) is 2.30. The highest BCUT2D eigenvalue weighted by Gasteiger charge is 2.30. The van der Waals surface area contributed by atoms with E-state index in [-0.39, 0.29) is 12.2 Å². The third kappa shape index (κ3) is 12.1. The van der Waals surface area contributed by atoms with Gasteiger partial charge in [0, 0.05) is 5.75 Å². The minimum atomic E-state index is -1.41. The molecule has 4 amide bonds. The lowest BCUT2D eigenvalue weighted by atomic mass is 10.1. The lowest BCUT2D eigenvalue weighted by Gasteiger charge is -2.24. The van der Waals surface area contributed by atoms with Crippen LogP contribution in [0.25, 0.3) is 0 Å². The van der Waals surface area contributed by atoms with Gasteiger partial charge in [-0.25, -0.2) is 4.79 Å². The number of nitrogens with two attached hydrogens (primary N) is 2. The molecule has 0 bridgehead atoms. The summed E-state index contributed by atoms with van der Waals surface area (Å²) in [6.45, 7) is 0. The molecule has 8 N–H and O–H groups in total. The maximum Gasteiger partial charge on any atom is 0.326 e. The average molecular weight is 498 g/mol. The number of carbonyl (C=O) groups excluding carboxylic acids is 4. The second kappa shape index (κ2) is 16.1. The van der Waals surface area contributed by atoms with E-state index in [0.29, 0.717) is 17.9 Å². The Morgan fingerprint density at radius 2 is 1.35 bits per heavy atom. The molecule has 0 aromatic rings. The van der Waals surface area contributed by atoms with Crippen molar-refractivity contribution in [1.82, 2.24) is 16.0 Å². The predicted octanol–water partition coefficient (Wildman–Crippen LogP) is -1.84. The van der Waals surface area contributed by atoms with Gasteiger partial charge in [-0.2, -0.15) is 36.2 Å². The molecule has 0 saturated heterocycles. The Kier molecular flexibility index (Phi) is 15.2. The normalized spacial score (nSPS) is 14.6. The van der Waals surface area contributed by atoms with Gasteiger partial charge in [-0.05, 0) is 36.9 Å². The summed E-state index contributed by atoms with van der Waals surface area (Å²) in [5, 5.41) is 16.3. The molecule has 4 unspecified atom stereocenters. The summed E-state index contributed by atoms with van der Waals surface area (Å²) in [6, 6.07) is -4.54. The molecule has 31 heavy (non-hydrogen) atoms. The minimum absolute atomic E-state index is 0.0940. The van der Waals surface area contributed by atoms with Crippen molar-refractivity contribution in [3.63, 3.8) is 0 Å². The van der Waals surface area contributed by atoms with Crippen molar-refractivity contribution in [3.05, 3.63) is 0 Å². The number of carboxylic acid groups (broad SMARTS) is 1. The number of amides is 4. The molecule has 0 spiro atoms. The zero-order valence-electron chi connectivity index (χ0n) is 17.5.